The Balaban J connectivity index is 1.62. The number of pyridine rings is 1. The van der Waals surface area contributed by atoms with Crippen molar-refractivity contribution in [1.29, 1.82) is 0 Å². The molecular formula is C16H15ClN2O2S. The lowest BCUT2D eigenvalue weighted by Crippen LogP contribution is -2.34. The van der Waals surface area contributed by atoms with Crippen LogP contribution in [-0.4, -0.2) is 34.7 Å². The third-order valence-corrected chi connectivity index (χ3v) is 4.89. The maximum Gasteiger partial charge on any atom is 0.261 e. The molecular weight excluding hydrogens is 320 g/mol. The van der Waals surface area contributed by atoms with Crippen molar-refractivity contribution < 1.29 is 9.53 Å². The minimum absolute atomic E-state index is 0.0123. The van der Waals surface area contributed by atoms with E-state index in [-0.39, 0.29) is 17.9 Å². The molecule has 1 atom stereocenters. The first-order valence-electron chi connectivity index (χ1n) is 6.93. The van der Waals surface area contributed by atoms with Gasteiger partial charge in [0.05, 0.1) is 0 Å². The van der Waals surface area contributed by atoms with E-state index in [1.54, 1.807) is 48.4 Å². The Kier molecular flexibility index (Phi) is 4.85. The maximum absolute atomic E-state index is 12.4. The van der Waals surface area contributed by atoms with E-state index in [9.17, 15) is 4.79 Å². The van der Waals surface area contributed by atoms with Crippen molar-refractivity contribution in [3.8, 4) is 5.75 Å². The third kappa shape index (κ3) is 3.54. The van der Waals surface area contributed by atoms with Crippen molar-refractivity contribution in [2.24, 2.45) is 0 Å². The van der Waals surface area contributed by atoms with Gasteiger partial charge in [-0.25, -0.2) is 0 Å². The van der Waals surface area contributed by atoms with Crippen LogP contribution in [0.1, 0.15) is 10.9 Å². The van der Waals surface area contributed by atoms with Crippen LogP contribution in [0.25, 0.3) is 0 Å². The van der Waals surface area contributed by atoms with E-state index < -0.39 is 0 Å². The SMILES string of the molecule is O=C(COc1ccc(Cl)cc1)N1CCS[C@H]1c1ccncc1. The minimum atomic E-state index is -0.0123. The number of aromatic nitrogens is 1. The normalized spacial score (nSPS) is 17.5. The van der Waals surface area contributed by atoms with Gasteiger partial charge in [-0.15, -0.1) is 11.8 Å². The zero-order valence-electron chi connectivity index (χ0n) is 11.8. The molecule has 2 heterocycles. The van der Waals surface area contributed by atoms with E-state index in [4.69, 9.17) is 16.3 Å². The van der Waals surface area contributed by atoms with E-state index in [2.05, 4.69) is 4.98 Å². The summed E-state index contributed by atoms with van der Waals surface area (Å²) in [6.07, 6.45) is 3.50. The smallest absolute Gasteiger partial charge is 0.261 e. The van der Waals surface area contributed by atoms with Crippen LogP contribution < -0.4 is 4.74 Å². The minimum Gasteiger partial charge on any atom is -0.484 e. The van der Waals surface area contributed by atoms with Crippen LogP contribution in [0.4, 0.5) is 0 Å². The zero-order chi connectivity index (χ0) is 15.4. The Morgan fingerprint density at radius 1 is 1.27 bits per heavy atom. The monoisotopic (exact) mass is 334 g/mol. The highest BCUT2D eigenvalue weighted by atomic mass is 35.5. The van der Waals surface area contributed by atoms with E-state index in [1.165, 1.54) is 0 Å². The molecule has 22 heavy (non-hydrogen) atoms. The quantitative estimate of drug-likeness (QED) is 0.859. The molecule has 114 valence electrons. The molecule has 2 aromatic rings. The Labute approximate surface area is 138 Å². The van der Waals surface area contributed by atoms with Crippen molar-refractivity contribution in [1.82, 2.24) is 9.88 Å². The molecule has 1 aromatic heterocycles. The second-order valence-corrected chi connectivity index (χ2v) is 6.46. The molecule has 1 fully saturated rings. The van der Waals surface area contributed by atoms with Gasteiger partial charge in [0, 0.05) is 29.7 Å². The van der Waals surface area contributed by atoms with E-state index in [1.807, 2.05) is 17.0 Å². The second-order valence-electron chi connectivity index (χ2n) is 4.83. The number of rotatable bonds is 4. The van der Waals surface area contributed by atoms with Crippen LogP contribution >= 0.6 is 23.4 Å². The predicted molar refractivity (Wildman–Crippen MR) is 88.1 cm³/mol. The summed E-state index contributed by atoms with van der Waals surface area (Å²) in [5.74, 6) is 1.56. The highest BCUT2D eigenvalue weighted by Gasteiger charge is 2.30. The lowest BCUT2D eigenvalue weighted by Gasteiger charge is -2.24. The standard InChI is InChI=1S/C16H15ClN2O2S/c17-13-1-3-14(4-2-13)21-11-15(20)19-9-10-22-16(19)12-5-7-18-8-6-12/h1-8,16H,9-11H2/t16-/m0/s1. The van der Waals surface area contributed by atoms with Crippen molar-refractivity contribution in [2.75, 3.05) is 18.9 Å². The molecule has 4 nitrogen and oxygen atoms in total. The summed E-state index contributed by atoms with van der Waals surface area (Å²) in [4.78, 5) is 18.3. The van der Waals surface area contributed by atoms with Gasteiger partial charge in [-0.05, 0) is 42.0 Å². The summed E-state index contributed by atoms with van der Waals surface area (Å²) in [7, 11) is 0. The van der Waals surface area contributed by atoms with Crippen molar-refractivity contribution in [3.05, 3.63) is 59.4 Å². The lowest BCUT2D eigenvalue weighted by atomic mass is 10.2. The molecule has 1 aromatic carbocycles. The molecule has 0 saturated carbocycles. The van der Waals surface area contributed by atoms with Crippen molar-refractivity contribution >= 4 is 29.3 Å². The largest absolute Gasteiger partial charge is 0.484 e. The fourth-order valence-electron chi connectivity index (χ4n) is 2.29. The fourth-order valence-corrected chi connectivity index (χ4v) is 3.69. The number of halogens is 1. The van der Waals surface area contributed by atoms with E-state index >= 15 is 0 Å². The predicted octanol–water partition coefficient (Wildman–Crippen LogP) is 3.39. The average Bonchev–Trinajstić information content (AvgIpc) is 3.04. The number of hydrogen-bond acceptors (Lipinski definition) is 4. The van der Waals surface area contributed by atoms with Crippen LogP contribution in [0.2, 0.25) is 5.02 Å². The molecule has 0 aliphatic carbocycles. The van der Waals surface area contributed by atoms with Gasteiger partial charge in [-0.2, -0.15) is 0 Å². The molecule has 3 rings (SSSR count). The number of ether oxygens (including phenoxy) is 1. The maximum atomic E-state index is 12.4. The summed E-state index contributed by atoms with van der Waals surface area (Å²) in [6, 6.07) is 10.9. The summed E-state index contributed by atoms with van der Waals surface area (Å²) < 4.78 is 5.55. The molecule has 1 saturated heterocycles. The van der Waals surface area contributed by atoms with Crippen molar-refractivity contribution in [3.63, 3.8) is 0 Å². The Bertz CT molecular complexity index is 636. The Hall–Kier alpha value is -1.72. The number of nitrogens with zero attached hydrogens (tertiary/aromatic N) is 2. The van der Waals surface area contributed by atoms with E-state index in [0.29, 0.717) is 10.8 Å². The highest BCUT2D eigenvalue weighted by Crippen LogP contribution is 2.37. The molecule has 0 N–H and O–H groups in total. The van der Waals surface area contributed by atoms with Crippen LogP contribution in [-0.2, 0) is 4.79 Å². The van der Waals surface area contributed by atoms with Gasteiger partial charge < -0.3 is 9.64 Å². The van der Waals surface area contributed by atoms with Crippen LogP contribution in [0, 0.1) is 0 Å². The molecule has 0 unspecified atom stereocenters. The van der Waals surface area contributed by atoms with Crippen LogP contribution in [0.15, 0.2) is 48.8 Å². The van der Waals surface area contributed by atoms with Crippen molar-refractivity contribution in [2.45, 2.75) is 5.37 Å². The Morgan fingerprint density at radius 3 is 2.73 bits per heavy atom. The number of amides is 1. The zero-order valence-corrected chi connectivity index (χ0v) is 13.4. The number of benzene rings is 1. The summed E-state index contributed by atoms with van der Waals surface area (Å²) in [5, 5.41) is 0.691. The second kappa shape index (κ2) is 7.03. The highest BCUT2D eigenvalue weighted by molar-refractivity contribution is 7.99. The number of hydrogen-bond donors (Lipinski definition) is 0. The Morgan fingerprint density at radius 2 is 2.00 bits per heavy atom. The summed E-state index contributed by atoms with van der Waals surface area (Å²) in [6.45, 7) is 0.768. The number of carbonyl (C=O) groups excluding carboxylic acids is 1. The van der Waals surface area contributed by atoms with Gasteiger partial charge in [0.2, 0.25) is 0 Å². The molecule has 1 aliphatic heterocycles. The topological polar surface area (TPSA) is 42.4 Å². The molecule has 1 amide bonds. The van der Waals surface area contributed by atoms with Gasteiger partial charge in [0.1, 0.15) is 11.1 Å². The van der Waals surface area contributed by atoms with Crippen LogP contribution in [0.3, 0.4) is 0 Å². The summed E-state index contributed by atoms with van der Waals surface area (Å²) >= 11 is 7.59. The lowest BCUT2D eigenvalue weighted by molar-refractivity contribution is -0.133. The first-order valence-corrected chi connectivity index (χ1v) is 8.36. The summed E-state index contributed by atoms with van der Waals surface area (Å²) in [5.41, 5.74) is 1.09. The number of carbonyl (C=O) groups is 1. The average molecular weight is 335 g/mol. The van der Waals surface area contributed by atoms with Crippen LogP contribution in [0.5, 0.6) is 5.75 Å². The molecule has 0 bridgehead atoms. The van der Waals surface area contributed by atoms with E-state index in [0.717, 1.165) is 17.9 Å². The first kappa shape index (κ1) is 15.2. The van der Waals surface area contributed by atoms with Gasteiger partial charge in [0.25, 0.3) is 5.91 Å². The third-order valence-electron chi connectivity index (χ3n) is 3.38. The molecule has 0 radical (unpaired) electrons. The molecule has 0 spiro atoms. The molecule has 1 aliphatic rings. The first-order chi connectivity index (χ1) is 10.7. The van der Waals surface area contributed by atoms with Gasteiger partial charge in [0.15, 0.2) is 6.61 Å². The van der Waals surface area contributed by atoms with Gasteiger partial charge in [-0.3, -0.25) is 9.78 Å². The fraction of sp³-hybridized carbons (Fsp3) is 0.250. The van der Waals surface area contributed by atoms with Gasteiger partial charge >= 0.3 is 0 Å². The molecule has 6 heteroatoms. The number of thioether (sulfide) groups is 1. The van der Waals surface area contributed by atoms with Gasteiger partial charge in [-0.1, -0.05) is 11.6 Å².